The first-order valence-electron chi connectivity index (χ1n) is 9.05. The predicted octanol–water partition coefficient (Wildman–Crippen LogP) is 2.06. The monoisotopic (exact) mass is 377 g/mol. The zero-order valence-corrected chi connectivity index (χ0v) is 15.7. The number of piperidine rings is 1. The Balaban J connectivity index is 1.79. The Bertz CT molecular complexity index is 787. The minimum atomic E-state index is -0.930. The number of imide groups is 1. The number of phenolic OH excluding ortho intramolecular Hbond substituents is 1. The first kappa shape index (κ1) is 19.1. The van der Waals surface area contributed by atoms with E-state index in [1.165, 1.54) is 24.1 Å². The summed E-state index contributed by atoms with van der Waals surface area (Å²) in [5, 5.41) is 9.30. The van der Waals surface area contributed by atoms with Gasteiger partial charge in [0.2, 0.25) is 0 Å². The van der Waals surface area contributed by atoms with Gasteiger partial charge in [0.05, 0.1) is 5.56 Å². The molecule has 2 aliphatic rings. The van der Waals surface area contributed by atoms with E-state index >= 15 is 0 Å². The van der Waals surface area contributed by atoms with E-state index in [1.54, 1.807) is 4.90 Å². The lowest BCUT2D eigenvalue weighted by atomic mass is 9.85. The molecule has 1 N–H and O–H groups in total. The number of urea groups is 1. The lowest BCUT2D eigenvalue weighted by Crippen LogP contribution is -2.58. The van der Waals surface area contributed by atoms with Gasteiger partial charge in [-0.25, -0.2) is 9.18 Å². The average Bonchev–Trinajstić information content (AvgIpc) is 2.78. The summed E-state index contributed by atoms with van der Waals surface area (Å²) < 4.78 is 14.0. The van der Waals surface area contributed by atoms with E-state index in [0.717, 1.165) is 11.0 Å². The molecule has 2 saturated heterocycles. The maximum atomic E-state index is 14.0. The normalized spacial score (nSPS) is 19.5. The number of amides is 4. The number of likely N-dealkylation sites (tertiary alicyclic amines) is 1. The van der Waals surface area contributed by atoms with Gasteiger partial charge in [0.15, 0.2) is 0 Å². The number of likely N-dealkylation sites (N-methyl/N-ethyl adjacent to an activating group) is 1. The van der Waals surface area contributed by atoms with Crippen molar-refractivity contribution < 1.29 is 23.9 Å². The van der Waals surface area contributed by atoms with Crippen LogP contribution < -0.4 is 0 Å². The molecule has 1 aromatic rings. The summed E-state index contributed by atoms with van der Waals surface area (Å²) in [6, 6.07) is 3.11. The number of halogens is 1. The Morgan fingerprint density at radius 3 is 2.44 bits per heavy atom. The van der Waals surface area contributed by atoms with E-state index in [0.29, 0.717) is 19.4 Å². The smallest absolute Gasteiger partial charge is 0.327 e. The minimum Gasteiger partial charge on any atom is -0.508 e. The van der Waals surface area contributed by atoms with Crippen LogP contribution in [0.1, 0.15) is 37.0 Å². The van der Waals surface area contributed by atoms with Crippen molar-refractivity contribution in [3.05, 3.63) is 29.6 Å². The second kappa shape index (κ2) is 6.83. The van der Waals surface area contributed by atoms with Crippen molar-refractivity contribution >= 4 is 17.8 Å². The molecule has 2 aliphatic heterocycles. The molecule has 0 bridgehead atoms. The molecule has 1 spiro atoms. The number of aromatic hydroxyl groups is 1. The molecular weight excluding hydrogens is 353 g/mol. The van der Waals surface area contributed by atoms with Crippen LogP contribution in [0.4, 0.5) is 9.18 Å². The first-order valence-corrected chi connectivity index (χ1v) is 9.05. The van der Waals surface area contributed by atoms with Crippen molar-refractivity contribution in [2.24, 2.45) is 5.92 Å². The molecule has 3 rings (SSSR count). The zero-order chi connectivity index (χ0) is 19.9. The minimum absolute atomic E-state index is 0.117. The van der Waals surface area contributed by atoms with Crippen molar-refractivity contribution in [2.45, 2.75) is 32.2 Å². The molecule has 2 heterocycles. The van der Waals surface area contributed by atoms with Crippen molar-refractivity contribution in [2.75, 3.05) is 26.7 Å². The molecule has 0 unspecified atom stereocenters. The van der Waals surface area contributed by atoms with Crippen LogP contribution in [0.25, 0.3) is 0 Å². The van der Waals surface area contributed by atoms with Gasteiger partial charge in [0.25, 0.3) is 11.8 Å². The molecule has 0 radical (unpaired) electrons. The molecule has 27 heavy (non-hydrogen) atoms. The van der Waals surface area contributed by atoms with Crippen LogP contribution in [-0.2, 0) is 4.79 Å². The van der Waals surface area contributed by atoms with Crippen LogP contribution in [0.3, 0.4) is 0 Å². The van der Waals surface area contributed by atoms with Crippen LogP contribution >= 0.6 is 0 Å². The molecule has 2 fully saturated rings. The highest BCUT2D eigenvalue weighted by Crippen LogP contribution is 2.37. The van der Waals surface area contributed by atoms with Crippen LogP contribution in [0.15, 0.2) is 18.2 Å². The number of carbonyl (C=O) groups is 3. The van der Waals surface area contributed by atoms with Crippen molar-refractivity contribution in [3.63, 3.8) is 0 Å². The van der Waals surface area contributed by atoms with Crippen molar-refractivity contribution in [1.29, 1.82) is 0 Å². The molecule has 0 aromatic heterocycles. The Hall–Kier alpha value is -2.64. The third-order valence-electron chi connectivity index (χ3n) is 5.35. The molecule has 4 amide bonds. The number of benzene rings is 1. The maximum absolute atomic E-state index is 14.0. The fraction of sp³-hybridized carbons (Fsp3) is 0.526. The van der Waals surface area contributed by atoms with E-state index in [4.69, 9.17) is 0 Å². The van der Waals surface area contributed by atoms with Gasteiger partial charge in [-0.2, -0.15) is 0 Å². The van der Waals surface area contributed by atoms with E-state index in [9.17, 15) is 23.9 Å². The molecule has 7 nitrogen and oxygen atoms in total. The van der Waals surface area contributed by atoms with E-state index < -0.39 is 17.3 Å². The Kier molecular flexibility index (Phi) is 4.84. The highest BCUT2D eigenvalue weighted by Gasteiger charge is 2.57. The Morgan fingerprint density at radius 1 is 1.26 bits per heavy atom. The number of carbonyl (C=O) groups excluding carboxylic acids is 3. The second-order valence-corrected chi connectivity index (χ2v) is 7.64. The summed E-state index contributed by atoms with van der Waals surface area (Å²) in [5.74, 6) is -1.55. The summed E-state index contributed by atoms with van der Waals surface area (Å²) in [5.41, 5.74) is -1.05. The Morgan fingerprint density at radius 2 is 1.89 bits per heavy atom. The summed E-state index contributed by atoms with van der Waals surface area (Å²) in [6.07, 6.45) is 0.639. The highest BCUT2D eigenvalue weighted by atomic mass is 19.1. The van der Waals surface area contributed by atoms with E-state index in [1.807, 2.05) is 13.8 Å². The summed E-state index contributed by atoms with van der Waals surface area (Å²) in [7, 11) is 1.48. The predicted molar refractivity (Wildman–Crippen MR) is 95.6 cm³/mol. The summed E-state index contributed by atoms with van der Waals surface area (Å²) in [4.78, 5) is 42.2. The second-order valence-electron chi connectivity index (χ2n) is 7.64. The number of hydrogen-bond donors (Lipinski definition) is 1. The lowest BCUT2D eigenvalue weighted by molar-refractivity contribution is -0.134. The first-order chi connectivity index (χ1) is 12.7. The lowest BCUT2D eigenvalue weighted by Gasteiger charge is -2.42. The average molecular weight is 377 g/mol. The largest absolute Gasteiger partial charge is 0.508 e. The standard InChI is InChI=1S/C19H24FN3O4/c1-12(2)11-23-18(27)21(3)17(26)19(23)6-8-22(9-7-19)16(25)14-5-4-13(24)10-15(14)20/h4-5,10,12,24H,6-9,11H2,1-3H3. The van der Waals surface area contributed by atoms with Crippen molar-refractivity contribution in [3.8, 4) is 5.75 Å². The molecule has 1 aromatic carbocycles. The van der Waals surface area contributed by atoms with Crippen molar-refractivity contribution in [1.82, 2.24) is 14.7 Å². The van der Waals surface area contributed by atoms with E-state index in [2.05, 4.69) is 0 Å². The number of rotatable bonds is 3. The highest BCUT2D eigenvalue weighted by molar-refractivity contribution is 6.07. The number of hydrogen-bond acceptors (Lipinski definition) is 4. The van der Waals surface area contributed by atoms with Crippen LogP contribution in [-0.4, -0.2) is 69.9 Å². The molecule has 146 valence electrons. The summed E-state index contributed by atoms with van der Waals surface area (Å²) >= 11 is 0. The van der Waals surface area contributed by atoms with Crippen LogP contribution in [0.2, 0.25) is 0 Å². The van der Waals surface area contributed by atoms with Gasteiger partial charge in [-0.3, -0.25) is 14.5 Å². The molecule has 8 heteroatoms. The number of nitrogens with zero attached hydrogens (tertiary/aromatic N) is 3. The molecule has 0 saturated carbocycles. The fourth-order valence-electron chi connectivity index (χ4n) is 3.91. The van der Waals surface area contributed by atoms with Gasteiger partial charge in [-0.1, -0.05) is 13.8 Å². The molecular formula is C19H24FN3O4. The zero-order valence-electron chi connectivity index (χ0n) is 15.7. The molecule has 0 atom stereocenters. The van der Waals surface area contributed by atoms with Gasteiger partial charge >= 0.3 is 6.03 Å². The third kappa shape index (κ3) is 3.13. The van der Waals surface area contributed by atoms with Gasteiger partial charge in [0.1, 0.15) is 17.1 Å². The fourth-order valence-corrected chi connectivity index (χ4v) is 3.91. The van der Waals surface area contributed by atoms with Crippen LogP contribution in [0, 0.1) is 11.7 Å². The SMILES string of the molecule is CC(C)CN1C(=O)N(C)C(=O)C12CCN(C(=O)c1ccc(O)cc1F)CC2. The van der Waals surface area contributed by atoms with Gasteiger partial charge in [-0.15, -0.1) is 0 Å². The quantitative estimate of drug-likeness (QED) is 0.818. The van der Waals surface area contributed by atoms with E-state index in [-0.39, 0.29) is 42.3 Å². The third-order valence-corrected chi connectivity index (χ3v) is 5.35. The number of phenols is 1. The van der Waals surface area contributed by atoms with Crippen LogP contribution in [0.5, 0.6) is 5.75 Å². The van der Waals surface area contributed by atoms with Gasteiger partial charge in [0, 0.05) is 32.7 Å². The van der Waals surface area contributed by atoms with Gasteiger partial charge in [-0.05, 0) is 30.9 Å². The van der Waals surface area contributed by atoms with Gasteiger partial charge < -0.3 is 14.9 Å². The Labute approximate surface area is 157 Å². The topological polar surface area (TPSA) is 81.2 Å². The molecule has 0 aliphatic carbocycles. The summed E-state index contributed by atoms with van der Waals surface area (Å²) in [6.45, 7) is 4.93. The maximum Gasteiger partial charge on any atom is 0.327 e.